The van der Waals surface area contributed by atoms with Crippen molar-refractivity contribution in [1.82, 2.24) is 0 Å². The Labute approximate surface area is 657 Å². The van der Waals surface area contributed by atoms with Crippen LogP contribution in [0.2, 0.25) is 0 Å². The predicted octanol–water partition coefficient (Wildman–Crippen LogP) is 16.1. The molecule has 114 heavy (non-hydrogen) atoms. The molecule has 590 valence electrons. The molecule has 0 aliphatic carbocycles. The van der Waals surface area contributed by atoms with E-state index in [2.05, 4.69) is 52.6 Å². The summed E-state index contributed by atoms with van der Waals surface area (Å²) in [6, 6.07) is 49.5. The van der Waals surface area contributed by atoms with Crippen LogP contribution in [0.15, 0.2) is 285 Å². The number of carbonyl (C=O) groups excluding carboxylic acids is 11. The van der Waals surface area contributed by atoms with Gasteiger partial charge in [-0.3, -0.25) is 0 Å². The smallest absolute Gasteiger partial charge is 0.343 e. The molecule has 0 atom stereocenters. The summed E-state index contributed by atoms with van der Waals surface area (Å²) in [7, 11) is 0. The van der Waals surface area contributed by atoms with E-state index in [0.29, 0.717) is 85.2 Å². The van der Waals surface area contributed by atoms with Gasteiger partial charge < -0.3 is 71.1 Å². The van der Waals surface area contributed by atoms with Crippen LogP contribution in [0, 0.1) is 6.92 Å². The fourth-order valence-corrected chi connectivity index (χ4v) is 7.89. The van der Waals surface area contributed by atoms with Crippen LogP contribution in [0.5, 0.6) is 63.2 Å². The first-order chi connectivity index (χ1) is 54.0. The van der Waals surface area contributed by atoms with Crippen LogP contribution >= 0.6 is 0 Å². The minimum Gasteiger partial charge on any atom is -0.457 e. The molecule has 0 unspecified atom stereocenters. The lowest BCUT2D eigenvalue weighted by Crippen LogP contribution is -2.12. The van der Waals surface area contributed by atoms with E-state index in [1.54, 1.807) is 113 Å². The lowest BCUT2D eigenvalue weighted by atomic mass is 10.1. The molecule has 8 aromatic rings. The largest absolute Gasteiger partial charge is 0.457 e. The molecule has 0 N–H and O–H groups in total. The molecule has 26 nitrogen and oxygen atoms in total. The fourth-order valence-electron chi connectivity index (χ4n) is 7.89. The minimum absolute atomic E-state index is 0.241. The number of hydrogen-bond donors (Lipinski definition) is 0. The first-order valence-corrected chi connectivity index (χ1v) is 33.9. The van der Waals surface area contributed by atoms with Gasteiger partial charge in [0, 0.05) is 44.6 Å². The molecule has 0 aliphatic heterocycles. The highest BCUT2D eigenvalue weighted by Gasteiger charge is 2.18. The number of benzene rings is 8. The van der Waals surface area contributed by atoms with E-state index in [1.807, 2.05) is 24.3 Å². The molecule has 0 fully saturated rings. The Hall–Kier alpha value is -15.0. The van der Waals surface area contributed by atoms with Gasteiger partial charge in [0.05, 0.1) is 16.7 Å². The van der Waals surface area contributed by atoms with E-state index in [0.717, 1.165) is 11.1 Å². The van der Waals surface area contributed by atoms with Gasteiger partial charge in [0.1, 0.15) is 63.2 Å². The zero-order valence-corrected chi connectivity index (χ0v) is 64.0. The van der Waals surface area contributed by atoms with E-state index < -0.39 is 65.7 Å². The lowest BCUT2D eigenvalue weighted by Gasteiger charge is -2.11. The van der Waals surface area contributed by atoms with Crippen molar-refractivity contribution in [3.8, 4) is 74.4 Å². The number of aryl methyl sites for hydroxylation is 1. The normalized spacial score (nSPS) is 9.90. The zero-order valence-electron chi connectivity index (χ0n) is 64.0. The molecule has 0 bridgehead atoms. The summed E-state index contributed by atoms with van der Waals surface area (Å²) in [6.45, 7) is 40.9. The molecule has 0 aromatic heterocycles. The molecule has 8 aromatic carbocycles. The number of hydrogen-bond acceptors (Lipinski definition) is 26. The van der Waals surface area contributed by atoms with Gasteiger partial charge in [-0.25, -0.2) is 52.7 Å². The molecular weight excluding hydrogens is 1470 g/mol. The number of carbonyl (C=O) groups is 11. The Morgan fingerprint density at radius 1 is 0.228 bits per heavy atom. The van der Waals surface area contributed by atoms with Gasteiger partial charge in [0.2, 0.25) is 27.2 Å². The maximum atomic E-state index is 12.7. The predicted molar refractivity (Wildman–Crippen MR) is 418 cm³/mol. The molecule has 0 heterocycles. The Bertz CT molecular complexity index is 4780. The highest BCUT2D eigenvalue weighted by atomic mass is 16.7. The summed E-state index contributed by atoms with van der Waals surface area (Å²) < 4.78 is 77.0. The maximum Gasteiger partial charge on any atom is 0.343 e. The highest BCUT2D eigenvalue weighted by Crippen LogP contribution is 2.28. The van der Waals surface area contributed by atoms with Crippen molar-refractivity contribution in [3.63, 3.8) is 0 Å². The fraction of sp³-hybridized carbons (Fsp3) is 0.148. The average Bonchev–Trinajstić information content (AvgIpc) is 0.517. The van der Waals surface area contributed by atoms with Crippen LogP contribution in [0.4, 0.5) is 0 Å². The Balaban J connectivity index is 0.000000283. The van der Waals surface area contributed by atoms with Crippen molar-refractivity contribution < 1.29 is 124 Å². The summed E-state index contributed by atoms with van der Waals surface area (Å²) in [4.78, 5) is 128. The highest BCUT2D eigenvalue weighted by molar-refractivity contribution is 5.95. The van der Waals surface area contributed by atoms with Crippen LogP contribution in [-0.2, 0) is 57.3 Å². The van der Waals surface area contributed by atoms with E-state index >= 15 is 0 Å². The van der Waals surface area contributed by atoms with Crippen LogP contribution in [0.3, 0.4) is 0 Å². The maximum absolute atomic E-state index is 12.7. The summed E-state index contributed by atoms with van der Waals surface area (Å²) in [5.41, 5.74) is 5.66. The van der Waals surface area contributed by atoms with Crippen molar-refractivity contribution in [1.29, 1.82) is 0 Å². The number of rotatable bonds is 31. The third kappa shape index (κ3) is 31.7. The van der Waals surface area contributed by atoms with Gasteiger partial charge in [-0.2, -0.15) is 0 Å². The number of ether oxygens (including phenoxy) is 15. The zero-order chi connectivity index (χ0) is 84.1. The Kier molecular flexibility index (Phi) is 35.5. The van der Waals surface area contributed by atoms with Gasteiger partial charge in [-0.05, 0) is 243 Å². The third-order valence-corrected chi connectivity index (χ3v) is 14.0. The standard InChI is InChI=1S/C31H28O10.C23H22O8.C20H18O4.C14H14O4/c1-19(2)28(32)38-17-36-23-8-6-22(7-9-23)30(34)41-26-14-15-27(21(5)16-26)31(35)40-25-12-10-24(11-13-25)37-18-39-29(33)20(3)4;1-15(2)21(24)29-13-27-18-7-5-17(6-8-18)23(26)31-20-11-9-19(10-12-20)28-14-30-22(25)16(3)4;1-13(2)19(21)23-17-9-5-15(6-10-17)16-7-11-18(12-8-16)24-20(22)14(3)4;1-9(2)13(15)17-11-5-7-12(8-6-11)18-14(16)10(3)4/h6-16H,1,3,17-18H2,2,4-5H3;5-12H,1,3,13-14H2,2,4H3;5-12H,1,3H2,2,4H3;5-8H,1,3H2,2,4H3. The molecule has 0 saturated heterocycles. The Morgan fingerprint density at radius 3 is 0.658 bits per heavy atom. The summed E-state index contributed by atoms with van der Waals surface area (Å²) in [5.74, 6) is -1.80. The van der Waals surface area contributed by atoms with Gasteiger partial charge in [0.15, 0.2) is 0 Å². The minimum atomic E-state index is -0.614. The second-order valence-electron chi connectivity index (χ2n) is 24.2. The van der Waals surface area contributed by atoms with E-state index in [4.69, 9.17) is 71.1 Å². The molecule has 0 aliphatic rings. The van der Waals surface area contributed by atoms with Crippen LogP contribution in [0.25, 0.3) is 11.1 Å². The second kappa shape index (κ2) is 45.1. The molecular formula is C88H82O26. The molecule has 0 spiro atoms. The molecule has 0 radical (unpaired) electrons. The van der Waals surface area contributed by atoms with E-state index in [1.165, 1.54) is 113 Å². The lowest BCUT2D eigenvalue weighted by molar-refractivity contribution is -0.146. The molecule has 8 rings (SSSR count). The third-order valence-electron chi connectivity index (χ3n) is 14.0. The Morgan fingerprint density at radius 2 is 0.421 bits per heavy atom. The van der Waals surface area contributed by atoms with Gasteiger partial charge >= 0.3 is 65.7 Å². The first-order valence-electron chi connectivity index (χ1n) is 33.9. The van der Waals surface area contributed by atoms with E-state index in [-0.39, 0.29) is 72.1 Å². The SMILES string of the molecule is C=C(C)C(=O)OCOc1ccc(OC(=O)c2ccc(OC(=O)c3ccc(OCOC(=O)C(=C)C)cc3)cc2C)cc1.C=C(C)C(=O)OCOc1ccc(OC(=O)c2ccc(OCOC(=O)C(=C)C)cc2)cc1.C=C(C)C(=O)Oc1ccc(-c2ccc(OC(=O)C(=C)C)cc2)cc1.C=C(C)C(=O)Oc1ccc(OC(=O)C(=C)C)cc1. The summed E-state index contributed by atoms with van der Waals surface area (Å²) in [5, 5.41) is 0. The number of esters is 11. The van der Waals surface area contributed by atoms with E-state index in [9.17, 15) is 52.7 Å². The molecule has 0 amide bonds. The van der Waals surface area contributed by atoms with Gasteiger partial charge in [0.25, 0.3) is 0 Å². The summed E-state index contributed by atoms with van der Waals surface area (Å²) in [6.07, 6.45) is 0. The first kappa shape index (κ1) is 89.7. The van der Waals surface area contributed by atoms with Gasteiger partial charge in [-0.15, -0.1) is 0 Å². The molecule has 0 saturated carbocycles. The topological polar surface area (TPSA) is 326 Å². The van der Waals surface area contributed by atoms with Crippen molar-refractivity contribution in [2.75, 3.05) is 27.2 Å². The molecule has 26 heteroatoms. The van der Waals surface area contributed by atoms with Crippen molar-refractivity contribution in [2.45, 2.75) is 62.3 Å². The second-order valence-corrected chi connectivity index (χ2v) is 24.2. The monoisotopic (exact) mass is 1550 g/mol. The van der Waals surface area contributed by atoms with Crippen LogP contribution in [0.1, 0.15) is 92.0 Å². The van der Waals surface area contributed by atoms with Gasteiger partial charge in [-0.1, -0.05) is 76.9 Å². The van der Waals surface area contributed by atoms with Crippen LogP contribution < -0.4 is 52.1 Å². The van der Waals surface area contributed by atoms with Crippen molar-refractivity contribution >= 4 is 65.7 Å². The van der Waals surface area contributed by atoms with Crippen molar-refractivity contribution in [3.05, 3.63) is 308 Å². The average molecular weight is 1560 g/mol. The van der Waals surface area contributed by atoms with Crippen LogP contribution in [-0.4, -0.2) is 92.8 Å². The van der Waals surface area contributed by atoms with Crippen molar-refractivity contribution in [2.24, 2.45) is 0 Å². The quantitative estimate of drug-likeness (QED) is 0.0128. The summed E-state index contributed by atoms with van der Waals surface area (Å²) >= 11 is 0.